The summed E-state index contributed by atoms with van der Waals surface area (Å²) in [5.74, 6) is -0.157. The van der Waals surface area contributed by atoms with Crippen molar-refractivity contribution < 1.29 is 9.21 Å². The maximum atomic E-state index is 12.4. The fraction of sp³-hybridized carbons (Fsp3) is 0.500. The summed E-state index contributed by atoms with van der Waals surface area (Å²) in [5, 5.41) is 3.12. The SMILES string of the molecule is C[C@@H]1CN(C2CC2)C[C@@H]1NC(=O)c1ccc2[nH]c(=O)oc2c1. The molecule has 6 nitrogen and oxygen atoms in total. The molecule has 1 saturated heterocycles. The molecule has 1 aliphatic carbocycles. The first kappa shape index (κ1) is 13.6. The van der Waals surface area contributed by atoms with Gasteiger partial charge >= 0.3 is 5.76 Å². The molecule has 2 heterocycles. The number of fused-ring (bicyclic) bond motifs is 1. The summed E-state index contributed by atoms with van der Waals surface area (Å²) in [6.07, 6.45) is 2.58. The minimum absolute atomic E-state index is 0.111. The summed E-state index contributed by atoms with van der Waals surface area (Å²) in [4.78, 5) is 28.6. The van der Waals surface area contributed by atoms with Crippen LogP contribution < -0.4 is 11.1 Å². The molecule has 1 saturated carbocycles. The quantitative estimate of drug-likeness (QED) is 0.896. The molecule has 0 unspecified atom stereocenters. The van der Waals surface area contributed by atoms with Crippen molar-refractivity contribution in [1.29, 1.82) is 0 Å². The number of hydrogen-bond acceptors (Lipinski definition) is 4. The number of rotatable bonds is 3. The Bertz CT molecular complexity index is 774. The van der Waals surface area contributed by atoms with Gasteiger partial charge < -0.3 is 9.73 Å². The first-order valence-corrected chi connectivity index (χ1v) is 7.78. The lowest BCUT2D eigenvalue weighted by atomic mass is 10.1. The van der Waals surface area contributed by atoms with Crippen LogP contribution in [-0.2, 0) is 0 Å². The largest absolute Gasteiger partial charge is 0.417 e. The lowest BCUT2D eigenvalue weighted by molar-refractivity contribution is 0.0931. The van der Waals surface area contributed by atoms with Crippen molar-refractivity contribution in [3.63, 3.8) is 0 Å². The molecule has 0 spiro atoms. The fourth-order valence-electron chi connectivity index (χ4n) is 3.27. The zero-order valence-corrected chi connectivity index (χ0v) is 12.5. The third-order valence-electron chi connectivity index (χ3n) is 4.70. The normalized spacial score (nSPS) is 25.7. The number of nitrogens with one attached hydrogen (secondary N) is 2. The molecule has 1 aromatic carbocycles. The molecule has 116 valence electrons. The first-order valence-electron chi connectivity index (χ1n) is 7.78. The van der Waals surface area contributed by atoms with Gasteiger partial charge in [-0.3, -0.25) is 14.7 Å². The molecule has 1 amide bonds. The van der Waals surface area contributed by atoms with Crippen LogP contribution in [0.25, 0.3) is 11.1 Å². The molecular weight excluding hydrogens is 282 g/mol. The molecule has 6 heteroatoms. The van der Waals surface area contributed by atoms with Gasteiger partial charge in [-0.2, -0.15) is 0 Å². The number of nitrogens with zero attached hydrogens (tertiary/aromatic N) is 1. The lowest BCUT2D eigenvalue weighted by Crippen LogP contribution is -2.40. The predicted octanol–water partition coefficient (Wildman–Crippen LogP) is 1.33. The molecule has 2 N–H and O–H groups in total. The first-order chi connectivity index (χ1) is 10.6. The lowest BCUT2D eigenvalue weighted by Gasteiger charge is -2.17. The van der Waals surface area contributed by atoms with Crippen molar-refractivity contribution in [2.75, 3.05) is 13.1 Å². The molecule has 2 aromatic rings. The van der Waals surface area contributed by atoms with Crippen molar-refractivity contribution in [2.45, 2.75) is 31.8 Å². The number of H-pyrrole nitrogens is 1. The Hall–Kier alpha value is -2.08. The van der Waals surface area contributed by atoms with Gasteiger partial charge in [-0.15, -0.1) is 0 Å². The number of aromatic nitrogens is 1. The van der Waals surface area contributed by atoms with Crippen molar-refractivity contribution in [3.8, 4) is 0 Å². The summed E-state index contributed by atoms with van der Waals surface area (Å²) < 4.78 is 5.01. The highest BCUT2D eigenvalue weighted by molar-refractivity contribution is 5.97. The van der Waals surface area contributed by atoms with Crippen molar-refractivity contribution in [1.82, 2.24) is 15.2 Å². The second-order valence-corrected chi connectivity index (χ2v) is 6.47. The Kier molecular flexibility index (Phi) is 3.07. The van der Waals surface area contributed by atoms with Crippen molar-refractivity contribution in [3.05, 3.63) is 34.3 Å². The van der Waals surface area contributed by atoms with E-state index in [1.807, 2.05) is 0 Å². The van der Waals surface area contributed by atoms with Crippen LogP contribution in [0.15, 0.2) is 27.4 Å². The van der Waals surface area contributed by atoms with E-state index < -0.39 is 5.76 Å². The van der Waals surface area contributed by atoms with Gasteiger partial charge in [0.05, 0.1) is 5.52 Å². The summed E-state index contributed by atoms with van der Waals surface area (Å²) in [5.41, 5.74) is 1.54. The summed E-state index contributed by atoms with van der Waals surface area (Å²) in [6.45, 7) is 4.17. The highest BCUT2D eigenvalue weighted by Crippen LogP contribution is 2.31. The Morgan fingerprint density at radius 3 is 2.95 bits per heavy atom. The van der Waals surface area contributed by atoms with E-state index in [2.05, 4.69) is 22.1 Å². The second kappa shape index (κ2) is 4.98. The number of amides is 1. The Labute approximate surface area is 127 Å². The van der Waals surface area contributed by atoms with Gasteiger partial charge in [0.1, 0.15) is 0 Å². The van der Waals surface area contributed by atoms with Crippen LogP contribution >= 0.6 is 0 Å². The maximum absolute atomic E-state index is 12.4. The fourth-order valence-corrected chi connectivity index (χ4v) is 3.27. The Morgan fingerprint density at radius 1 is 1.36 bits per heavy atom. The van der Waals surface area contributed by atoms with Crippen LogP contribution in [-0.4, -0.2) is 41.0 Å². The zero-order valence-electron chi connectivity index (χ0n) is 12.5. The molecule has 0 radical (unpaired) electrons. The minimum atomic E-state index is -0.503. The molecule has 1 aromatic heterocycles. The molecule has 22 heavy (non-hydrogen) atoms. The van der Waals surface area contributed by atoms with Crippen LogP contribution in [0.4, 0.5) is 0 Å². The summed E-state index contributed by atoms with van der Waals surface area (Å²) >= 11 is 0. The third-order valence-corrected chi connectivity index (χ3v) is 4.70. The molecule has 2 atom stereocenters. The molecule has 4 rings (SSSR count). The van der Waals surface area contributed by atoms with Crippen LogP contribution in [0.2, 0.25) is 0 Å². The van der Waals surface area contributed by atoms with E-state index in [1.54, 1.807) is 18.2 Å². The number of aromatic amines is 1. The van der Waals surface area contributed by atoms with Gasteiger partial charge in [0.25, 0.3) is 5.91 Å². The van der Waals surface area contributed by atoms with Crippen LogP contribution in [0, 0.1) is 5.92 Å². The molecule has 2 fully saturated rings. The third kappa shape index (κ3) is 2.43. The topological polar surface area (TPSA) is 78.3 Å². The molecule has 2 aliphatic rings. The second-order valence-electron chi connectivity index (χ2n) is 6.47. The Morgan fingerprint density at radius 2 is 2.18 bits per heavy atom. The monoisotopic (exact) mass is 301 g/mol. The van der Waals surface area contributed by atoms with E-state index in [0.29, 0.717) is 22.6 Å². The van der Waals surface area contributed by atoms with Gasteiger partial charge in [-0.25, -0.2) is 4.79 Å². The number of carbonyl (C=O) groups excluding carboxylic acids is 1. The van der Waals surface area contributed by atoms with Crippen LogP contribution in [0.3, 0.4) is 0 Å². The maximum Gasteiger partial charge on any atom is 0.417 e. The minimum Gasteiger partial charge on any atom is -0.408 e. The van der Waals surface area contributed by atoms with Crippen molar-refractivity contribution >= 4 is 17.0 Å². The number of likely N-dealkylation sites (tertiary alicyclic amines) is 1. The smallest absolute Gasteiger partial charge is 0.408 e. The molecular formula is C16H19N3O3. The van der Waals surface area contributed by atoms with E-state index in [9.17, 15) is 9.59 Å². The van der Waals surface area contributed by atoms with Gasteiger partial charge in [-0.1, -0.05) is 6.92 Å². The summed E-state index contributed by atoms with van der Waals surface area (Å²) in [7, 11) is 0. The zero-order chi connectivity index (χ0) is 15.3. The summed E-state index contributed by atoms with van der Waals surface area (Å²) in [6, 6.07) is 5.93. The van der Waals surface area contributed by atoms with E-state index in [4.69, 9.17) is 4.42 Å². The average Bonchev–Trinajstić information content (AvgIpc) is 3.17. The Balaban J connectivity index is 1.49. The van der Waals surface area contributed by atoms with E-state index in [-0.39, 0.29) is 11.9 Å². The van der Waals surface area contributed by atoms with Gasteiger partial charge in [0.15, 0.2) is 5.58 Å². The number of hydrogen-bond donors (Lipinski definition) is 2. The van der Waals surface area contributed by atoms with Gasteiger partial charge in [0.2, 0.25) is 0 Å². The predicted molar refractivity (Wildman–Crippen MR) is 81.8 cm³/mol. The number of carbonyl (C=O) groups is 1. The van der Waals surface area contributed by atoms with Crippen LogP contribution in [0.5, 0.6) is 0 Å². The van der Waals surface area contributed by atoms with Gasteiger partial charge in [-0.05, 0) is 37.0 Å². The molecule has 0 bridgehead atoms. The highest BCUT2D eigenvalue weighted by atomic mass is 16.4. The molecule has 1 aliphatic heterocycles. The van der Waals surface area contributed by atoms with Crippen molar-refractivity contribution in [2.24, 2.45) is 5.92 Å². The van der Waals surface area contributed by atoms with E-state index in [1.165, 1.54) is 12.8 Å². The number of oxazole rings is 1. The van der Waals surface area contributed by atoms with Gasteiger partial charge in [0, 0.05) is 30.7 Å². The van der Waals surface area contributed by atoms with E-state index >= 15 is 0 Å². The van der Waals surface area contributed by atoms with Crippen LogP contribution in [0.1, 0.15) is 30.1 Å². The number of benzene rings is 1. The highest BCUT2D eigenvalue weighted by Gasteiger charge is 2.38. The standard InChI is InChI=1S/C16H19N3O3/c1-9-7-19(11-3-4-11)8-13(9)17-15(20)10-2-5-12-14(6-10)22-16(21)18-12/h2,5-6,9,11,13H,3-4,7-8H2,1H3,(H,17,20)(H,18,21)/t9-,13+/m1/s1. The average molecular weight is 301 g/mol. The van der Waals surface area contributed by atoms with E-state index in [0.717, 1.165) is 19.1 Å².